The van der Waals surface area contributed by atoms with Gasteiger partial charge >= 0.3 is 0 Å². The molecule has 1 heterocycles. The lowest BCUT2D eigenvalue weighted by molar-refractivity contribution is -0.165. The molecule has 4 nitrogen and oxygen atoms in total. The van der Waals surface area contributed by atoms with Crippen molar-refractivity contribution in [2.75, 3.05) is 6.54 Å². The number of hydrogen-bond acceptors (Lipinski definition) is 2. The van der Waals surface area contributed by atoms with Crippen LogP contribution in [0.15, 0.2) is 12.2 Å². The van der Waals surface area contributed by atoms with Crippen molar-refractivity contribution in [1.29, 1.82) is 0 Å². The molecule has 0 aromatic heterocycles. The number of allylic oxidation sites excluding steroid dienone is 1. The first-order valence-electron chi connectivity index (χ1n) is 8.30. The number of rotatable bonds is 3. The molecule has 1 aliphatic heterocycles. The summed E-state index contributed by atoms with van der Waals surface area (Å²) in [6.45, 7) is 4.44. The van der Waals surface area contributed by atoms with E-state index in [1.165, 1.54) is 6.42 Å². The number of nitrogens with one attached hydrogen (secondary N) is 1. The molecule has 0 aromatic rings. The summed E-state index contributed by atoms with van der Waals surface area (Å²) < 4.78 is 0. The third-order valence-electron chi connectivity index (χ3n) is 5.60. The molecule has 1 atom stereocenters. The van der Waals surface area contributed by atoms with Crippen molar-refractivity contribution in [2.24, 2.45) is 5.92 Å². The van der Waals surface area contributed by atoms with E-state index in [0.717, 1.165) is 38.5 Å². The van der Waals surface area contributed by atoms with E-state index in [1.807, 2.05) is 30.9 Å². The van der Waals surface area contributed by atoms with Gasteiger partial charge in [-0.25, -0.2) is 0 Å². The van der Waals surface area contributed by atoms with Crippen LogP contribution in [0.5, 0.6) is 0 Å². The molecule has 2 saturated carbocycles. The van der Waals surface area contributed by atoms with Crippen LogP contribution in [0, 0.1) is 5.92 Å². The molecule has 3 rings (SSSR count). The largest absolute Gasteiger partial charge is 0.340 e. The van der Waals surface area contributed by atoms with Gasteiger partial charge in [-0.15, -0.1) is 0 Å². The summed E-state index contributed by atoms with van der Waals surface area (Å²) in [5.74, 6) is 0.535. The highest BCUT2D eigenvalue weighted by Gasteiger charge is 2.60. The van der Waals surface area contributed by atoms with Crippen LogP contribution in [0.3, 0.4) is 0 Å². The summed E-state index contributed by atoms with van der Waals surface area (Å²) in [7, 11) is 0. The molecule has 1 spiro atoms. The molecular formula is C17H26N2O2. The van der Waals surface area contributed by atoms with E-state index < -0.39 is 11.1 Å². The molecule has 3 aliphatic rings. The topological polar surface area (TPSA) is 49.4 Å². The second-order valence-corrected chi connectivity index (χ2v) is 7.01. The van der Waals surface area contributed by atoms with Gasteiger partial charge in [0.15, 0.2) is 0 Å². The van der Waals surface area contributed by atoms with Crippen LogP contribution in [0.1, 0.15) is 58.8 Å². The van der Waals surface area contributed by atoms with E-state index in [1.54, 1.807) is 0 Å². The number of hydrogen-bond donors (Lipinski definition) is 1. The standard InChI is InChI=1S/C17H26N2O2/c1-3-4-12-19-15(21)16(2,13-8-9-13)18-14(20)17(19)10-6-5-7-11-17/h3-4,13H,5-12H2,1-2H3,(H,18,20)/b4-3+. The Morgan fingerprint density at radius 2 is 1.90 bits per heavy atom. The van der Waals surface area contributed by atoms with Crippen LogP contribution in [0.4, 0.5) is 0 Å². The number of nitrogens with zero attached hydrogens (tertiary/aromatic N) is 1. The third-order valence-corrected chi connectivity index (χ3v) is 5.60. The Balaban J connectivity index is 1.96. The van der Waals surface area contributed by atoms with Gasteiger partial charge in [0.25, 0.3) is 0 Å². The minimum atomic E-state index is -0.679. The summed E-state index contributed by atoms with van der Waals surface area (Å²) in [6.07, 6.45) is 10.9. The number of carbonyl (C=O) groups excluding carboxylic acids is 2. The number of piperazine rings is 1. The fourth-order valence-electron chi connectivity index (χ4n) is 4.04. The van der Waals surface area contributed by atoms with Crippen molar-refractivity contribution >= 4 is 11.8 Å². The highest BCUT2D eigenvalue weighted by atomic mass is 16.2. The maximum atomic E-state index is 13.1. The lowest BCUT2D eigenvalue weighted by Gasteiger charge is -2.53. The summed E-state index contributed by atoms with van der Waals surface area (Å²) in [6, 6.07) is 0. The van der Waals surface area contributed by atoms with Crippen molar-refractivity contribution in [3.8, 4) is 0 Å². The van der Waals surface area contributed by atoms with Crippen LogP contribution in [-0.4, -0.2) is 34.3 Å². The summed E-state index contributed by atoms with van der Waals surface area (Å²) in [5.41, 5.74) is -1.27. The molecule has 2 amide bonds. The van der Waals surface area contributed by atoms with Crippen molar-refractivity contribution in [2.45, 2.75) is 69.9 Å². The number of amides is 2. The normalized spacial score (nSPS) is 32.8. The summed E-state index contributed by atoms with van der Waals surface area (Å²) in [5, 5.41) is 3.12. The first-order valence-corrected chi connectivity index (χ1v) is 8.30. The van der Waals surface area contributed by atoms with Crippen LogP contribution < -0.4 is 5.32 Å². The van der Waals surface area contributed by atoms with Gasteiger partial charge in [-0.1, -0.05) is 31.4 Å². The lowest BCUT2D eigenvalue weighted by Crippen LogP contribution is -2.76. The van der Waals surface area contributed by atoms with Crippen molar-refractivity contribution in [1.82, 2.24) is 10.2 Å². The molecule has 2 aliphatic carbocycles. The molecule has 0 radical (unpaired) electrons. The van der Waals surface area contributed by atoms with Gasteiger partial charge in [0.05, 0.1) is 0 Å². The van der Waals surface area contributed by atoms with Crippen molar-refractivity contribution < 1.29 is 9.59 Å². The van der Waals surface area contributed by atoms with Crippen LogP contribution >= 0.6 is 0 Å². The van der Waals surface area contributed by atoms with E-state index in [9.17, 15) is 9.59 Å². The zero-order valence-electron chi connectivity index (χ0n) is 13.2. The molecule has 3 fully saturated rings. The van der Waals surface area contributed by atoms with Crippen molar-refractivity contribution in [3.05, 3.63) is 12.2 Å². The Morgan fingerprint density at radius 3 is 2.48 bits per heavy atom. The van der Waals surface area contributed by atoms with Gasteiger partial charge in [0.2, 0.25) is 11.8 Å². The minimum absolute atomic E-state index is 0.0840. The molecule has 0 aromatic carbocycles. The Hall–Kier alpha value is -1.32. The Morgan fingerprint density at radius 1 is 1.24 bits per heavy atom. The summed E-state index contributed by atoms with van der Waals surface area (Å²) >= 11 is 0. The number of carbonyl (C=O) groups is 2. The van der Waals surface area contributed by atoms with Gasteiger partial charge in [0, 0.05) is 6.54 Å². The fraction of sp³-hybridized carbons (Fsp3) is 0.765. The van der Waals surface area contributed by atoms with Gasteiger partial charge < -0.3 is 10.2 Å². The minimum Gasteiger partial charge on any atom is -0.340 e. The monoisotopic (exact) mass is 290 g/mol. The summed E-state index contributed by atoms with van der Waals surface area (Å²) in [4.78, 5) is 27.9. The maximum Gasteiger partial charge on any atom is 0.249 e. The highest BCUT2D eigenvalue weighted by molar-refractivity contribution is 6.02. The first-order chi connectivity index (χ1) is 10.0. The van der Waals surface area contributed by atoms with Crippen LogP contribution in [0.25, 0.3) is 0 Å². The third kappa shape index (κ3) is 2.19. The SMILES string of the molecule is C/C=C/CN1C(=O)C(C)(C2CC2)NC(=O)C12CCCCC2. The molecular weight excluding hydrogens is 264 g/mol. The molecule has 116 valence electrons. The molecule has 0 bridgehead atoms. The Kier molecular flexibility index (Phi) is 3.58. The van der Waals surface area contributed by atoms with Gasteiger partial charge in [-0.2, -0.15) is 0 Å². The molecule has 21 heavy (non-hydrogen) atoms. The quantitative estimate of drug-likeness (QED) is 0.811. The maximum absolute atomic E-state index is 13.1. The van der Waals surface area contributed by atoms with Crippen molar-refractivity contribution in [3.63, 3.8) is 0 Å². The van der Waals surface area contributed by atoms with E-state index >= 15 is 0 Å². The van der Waals surface area contributed by atoms with E-state index in [2.05, 4.69) is 5.32 Å². The lowest BCUT2D eigenvalue weighted by atomic mass is 9.74. The van der Waals surface area contributed by atoms with E-state index in [0.29, 0.717) is 12.5 Å². The fourth-order valence-corrected chi connectivity index (χ4v) is 4.04. The molecule has 4 heteroatoms. The molecule has 1 unspecified atom stereocenters. The van der Waals surface area contributed by atoms with E-state index in [-0.39, 0.29) is 11.8 Å². The zero-order valence-corrected chi connectivity index (χ0v) is 13.2. The van der Waals surface area contributed by atoms with E-state index in [4.69, 9.17) is 0 Å². The second kappa shape index (κ2) is 5.15. The Bertz CT molecular complexity index is 475. The second-order valence-electron chi connectivity index (χ2n) is 7.01. The average Bonchev–Trinajstić information content (AvgIpc) is 3.32. The smallest absolute Gasteiger partial charge is 0.249 e. The molecule has 1 N–H and O–H groups in total. The average molecular weight is 290 g/mol. The Labute approximate surface area is 127 Å². The molecule has 1 saturated heterocycles. The van der Waals surface area contributed by atoms with Crippen LogP contribution in [-0.2, 0) is 9.59 Å². The zero-order chi connectivity index (χ0) is 15.1. The van der Waals surface area contributed by atoms with Gasteiger partial charge in [-0.05, 0) is 45.4 Å². The van der Waals surface area contributed by atoms with Gasteiger partial charge in [0.1, 0.15) is 11.1 Å². The highest BCUT2D eigenvalue weighted by Crippen LogP contribution is 2.46. The first kappa shape index (κ1) is 14.6. The van der Waals surface area contributed by atoms with Crippen LogP contribution in [0.2, 0.25) is 0 Å². The predicted molar refractivity (Wildman–Crippen MR) is 81.6 cm³/mol. The predicted octanol–water partition coefficient (Wildman–Crippen LogP) is 2.39. The van der Waals surface area contributed by atoms with Gasteiger partial charge in [-0.3, -0.25) is 9.59 Å².